The second kappa shape index (κ2) is 4.91. The first-order valence-corrected chi connectivity index (χ1v) is 6.12. The maximum Gasteiger partial charge on any atom is 0.143 e. The molecule has 2 unspecified atom stereocenters. The van der Waals surface area contributed by atoms with E-state index in [9.17, 15) is 9.50 Å². The van der Waals surface area contributed by atoms with E-state index in [-0.39, 0.29) is 17.7 Å². The Kier molecular flexibility index (Phi) is 3.66. The predicted octanol–water partition coefficient (Wildman–Crippen LogP) is 2.01. The molecule has 2 rings (SSSR count). The Hall–Kier alpha value is -1.04. The Balaban J connectivity index is 2.09. The third-order valence-corrected chi connectivity index (χ3v) is 3.63. The van der Waals surface area contributed by atoms with Crippen molar-refractivity contribution >= 4 is 23.0 Å². The molecule has 1 saturated heterocycles. The van der Waals surface area contributed by atoms with Gasteiger partial charge >= 0.3 is 0 Å². The summed E-state index contributed by atoms with van der Waals surface area (Å²) >= 11 is 5.61. The van der Waals surface area contributed by atoms with E-state index in [0.29, 0.717) is 24.4 Å². The average molecular weight is 275 g/mol. The molecule has 1 aliphatic heterocycles. The first-order chi connectivity index (χ1) is 8.42. The number of nitrogens with two attached hydrogens (primary N) is 1. The summed E-state index contributed by atoms with van der Waals surface area (Å²) in [6, 6.07) is 2.57. The molecule has 6 heteroatoms. The molecule has 100 valence electrons. The van der Waals surface area contributed by atoms with Crippen LogP contribution < -0.4 is 11.1 Å². The normalized spacial score (nSPS) is 27.4. The minimum Gasteiger partial charge on any atom is -0.397 e. The molecule has 1 aromatic rings. The maximum atomic E-state index is 13.3. The average Bonchev–Trinajstić information content (AvgIpc) is 2.63. The lowest BCUT2D eigenvalue weighted by Crippen LogP contribution is -2.43. The van der Waals surface area contributed by atoms with Crippen LogP contribution in [0.4, 0.5) is 15.8 Å². The number of aliphatic hydroxyl groups is 1. The van der Waals surface area contributed by atoms with Crippen LogP contribution in [0.15, 0.2) is 12.1 Å². The van der Waals surface area contributed by atoms with Gasteiger partial charge in [0.25, 0.3) is 0 Å². The molecule has 0 radical (unpaired) electrons. The lowest BCUT2D eigenvalue weighted by atomic mass is 9.96. The van der Waals surface area contributed by atoms with Gasteiger partial charge in [0.15, 0.2) is 0 Å². The van der Waals surface area contributed by atoms with E-state index >= 15 is 0 Å². The van der Waals surface area contributed by atoms with Crippen molar-refractivity contribution in [3.05, 3.63) is 23.0 Å². The number of ether oxygens (including phenoxy) is 1. The van der Waals surface area contributed by atoms with Gasteiger partial charge < -0.3 is 20.9 Å². The lowest BCUT2D eigenvalue weighted by molar-refractivity contribution is -0.0175. The molecule has 1 aromatic carbocycles. The zero-order valence-corrected chi connectivity index (χ0v) is 10.8. The van der Waals surface area contributed by atoms with Crippen LogP contribution in [0, 0.1) is 5.82 Å². The van der Waals surface area contributed by atoms with Crippen molar-refractivity contribution < 1.29 is 14.2 Å². The lowest BCUT2D eigenvalue weighted by Gasteiger charge is -2.27. The Labute approximate surface area is 110 Å². The SMILES string of the molecule is CC1OCCC1(O)CNc1cc(F)c(Cl)cc1N. The largest absolute Gasteiger partial charge is 0.397 e. The second-order valence-corrected chi connectivity index (χ2v) is 4.98. The molecule has 0 spiro atoms. The van der Waals surface area contributed by atoms with Gasteiger partial charge in [-0.15, -0.1) is 0 Å². The van der Waals surface area contributed by atoms with Gasteiger partial charge in [0.1, 0.15) is 11.4 Å². The van der Waals surface area contributed by atoms with E-state index < -0.39 is 11.4 Å². The number of nitrogens with one attached hydrogen (secondary N) is 1. The van der Waals surface area contributed by atoms with Crippen molar-refractivity contribution in [3.63, 3.8) is 0 Å². The van der Waals surface area contributed by atoms with E-state index in [2.05, 4.69) is 5.32 Å². The van der Waals surface area contributed by atoms with Crippen LogP contribution >= 0.6 is 11.6 Å². The fourth-order valence-electron chi connectivity index (χ4n) is 1.97. The summed E-state index contributed by atoms with van der Waals surface area (Å²) in [5, 5.41) is 13.2. The highest BCUT2D eigenvalue weighted by Crippen LogP contribution is 2.29. The van der Waals surface area contributed by atoms with Gasteiger partial charge in [-0.1, -0.05) is 11.6 Å². The Morgan fingerprint density at radius 1 is 1.67 bits per heavy atom. The number of benzene rings is 1. The smallest absolute Gasteiger partial charge is 0.143 e. The third kappa shape index (κ3) is 2.53. The van der Waals surface area contributed by atoms with Crippen molar-refractivity contribution in [1.82, 2.24) is 0 Å². The zero-order valence-electron chi connectivity index (χ0n) is 10.0. The molecule has 2 atom stereocenters. The highest BCUT2D eigenvalue weighted by molar-refractivity contribution is 6.31. The predicted molar refractivity (Wildman–Crippen MR) is 69.3 cm³/mol. The van der Waals surface area contributed by atoms with Crippen LogP contribution in [-0.4, -0.2) is 30.0 Å². The van der Waals surface area contributed by atoms with Crippen LogP contribution in [0.2, 0.25) is 5.02 Å². The van der Waals surface area contributed by atoms with Crippen LogP contribution in [-0.2, 0) is 4.74 Å². The molecule has 0 bridgehead atoms. The highest BCUT2D eigenvalue weighted by Gasteiger charge is 2.39. The monoisotopic (exact) mass is 274 g/mol. The van der Waals surface area contributed by atoms with E-state index in [1.54, 1.807) is 6.92 Å². The molecule has 0 aliphatic carbocycles. The van der Waals surface area contributed by atoms with Gasteiger partial charge in [0.2, 0.25) is 0 Å². The van der Waals surface area contributed by atoms with Crippen molar-refractivity contribution in [2.75, 3.05) is 24.2 Å². The van der Waals surface area contributed by atoms with Crippen LogP contribution in [0.25, 0.3) is 0 Å². The van der Waals surface area contributed by atoms with Crippen molar-refractivity contribution in [1.29, 1.82) is 0 Å². The number of nitrogen functional groups attached to an aromatic ring is 1. The molecular formula is C12H16ClFN2O2. The summed E-state index contributed by atoms with van der Waals surface area (Å²) in [5.74, 6) is -0.545. The number of hydrogen-bond acceptors (Lipinski definition) is 4. The first-order valence-electron chi connectivity index (χ1n) is 5.75. The summed E-state index contributed by atoms with van der Waals surface area (Å²) in [7, 11) is 0. The summed E-state index contributed by atoms with van der Waals surface area (Å²) in [5.41, 5.74) is 5.54. The Bertz CT molecular complexity index is 458. The fourth-order valence-corrected chi connectivity index (χ4v) is 2.14. The zero-order chi connectivity index (χ0) is 13.3. The quantitative estimate of drug-likeness (QED) is 0.738. The number of anilines is 2. The number of halogens is 2. The minimum absolute atomic E-state index is 0.0191. The second-order valence-electron chi connectivity index (χ2n) is 4.57. The fraction of sp³-hybridized carbons (Fsp3) is 0.500. The molecule has 4 nitrogen and oxygen atoms in total. The van der Waals surface area contributed by atoms with Crippen LogP contribution in [0.3, 0.4) is 0 Å². The van der Waals surface area contributed by atoms with E-state index in [4.69, 9.17) is 22.1 Å². The molecular weight excluding hydrogens is 259 g/mol. The van der Waals surface area contributed by atoms with Gasteiger partial charge in [0, 0.05) is 25.6 Å². The highest BCUT2D eigenvalue weighted by atomic mass is 35.5. The molecule has 1 heterocycles. The maximum absolute atomic E-state index is 13.3. The van der Waals surface area contributed by atoms with E-state index in [0.717, 1.165) is 0 Å². The molecule has 18 heavy (non-hydrogen) atoms. The van der Waals surface area contributed by atoms with Crippen LogP contribution in [0.5, 0.6) is 0 Å². The van der Waals surface area contributed by atoms with Gasteiger partial charge in [0.05, 0.1) is 22.5 Å². The van der Waals surface area contributed by atoms with Gasteiger partial charge in [-0.2, -0.15) is 0 Å². The Morgan fingerprint density at radius 2 is 2.39 bits per heavy atom. The molecule has 1 aliphatic rings. The summed E-state index contributed by atoms with van der Waals surface area (Å²) < 4.78 is 18.6. The van der Waals surface area contributed by atoms with Crippen LogP contribution in [0.1, 0.15) is 13.3 Å². The Morgan fingerprint density at radius 3 is 3.00 bits per heavy atom. The van der Waals surface area contributed by atoms with Crippen molar-refractivity contribution in [2.45, 2.75) is 25.0 Å². The third-order valence-electron chi connectivity index (χ3n) is 3.34. The first kappa shape index (κ1) is 13.4. The van der Waals surface area contributed by atoms with Gasteiger partial charge in [-0.3, -0.25) is 0 Å². The summed E-state index contributed by atoms with van der Waals surface area (Å²) in [6.45, 7) is 2.57. The number of rotatable bonds is 3. The van der Waals surface area contributed by atoms with Crippen molar-refractivity contribution in [3.8, 4) is 0 Å². The number of hydrogen-bond donors (Lipinski definition) is 3. The molecule has 0 saturated carbocycles. The summed E-state index contributed by atoms with van der Waals surface area (Å²) in [4.78, 5) is 0. The molecule has 1 fully saturated rings. The summed E-state index contributed by atoms with van der Waals surface area (Å²) in [6.07, 6.45) is 0.278. The van der Waals surface area contributed by atoms with Gasteiger partial charge in [-0.05, 0) is 13.0 Å². The molecule has 4 N–H and O–H groups in total. The topological polar surface area (TPSA) is 67.5 Å². The molecule has 0 aromatic heterocycles. The van der Waals surface area contributed by atoms with E-state index in [1.807, 2.05) is 0 Å². The van der Waals surface area contributed by atoms with E-state index in [1.165, 1.54) is 12.1 Å². The molecule has 0 amide bonds. The minimum atomic E-state index is -0.956. The van der Waals surface area contributed by atoms with Crippen molar-refractivity contribution in [2.24, 2.45) is 0 Å². The standard InChI is InChI=1S/C12H16ClFN2O2/c1-7-12(17,2-3-18-7)6-16-11-5-9(14)8(13)4-10(11)15/h4-5,7,16-17H,2-3,6,15H2,1H3. The van der Waals surface area contributed by atoms with Gasteiger partial charge in [-0.25, -0.2) is 4.39 Å².